The molecule has 0 bridgehead atoms. The van der Waals surface area contributed by atoms with Gasteiger partial charge in [-0.3, -0.25) is 14.4 Å². The van der Waals surface area contributed by atoms with Gasteiger partial charge in [-0.05, 0) is 43.2 Å². The summed E-state index contributed by atoms with van der Waals surface area (Å²) in [5.74, 6) is -0.746. The molecule has 2 aliphatic heterocycles. The van der Waals surface area contributed by atoms with Crippen molar-refractivity contribution in [3.63, 3.8) is 0 Å². The molecule has 168 valence electrons. The van der Waals surface area contributed by atoms with E-state index >= 15 is 0 Å². The highest BCUT2D eigenvalue weighted by atomic mass is 35.5. The fourth-order valence-electron chi connectivity index (χ4n) is 4.25. The number of phenols is 1. The Kier molecular flexibility index (Phi) is 6.58. The first-order valence-corrected chi connectivity index (χ1v) is 11.2. The van der Waals surface area contributed by atoms with E-state index in [1.807, 2.05) is 0 Å². The zero-order valence-corrected chi connectivity index (χ0v) is 18.8. The molecule has 4 rings (SSSR count). The smallest absolute Gasteiger partial charge is 0.257 e. The molecule has 1 atom stereocenters. The average molecular weight is 476 g/mol. The summed E-state index contributed by atoms with van der Waals surface area (Å²) in [6, 6.07) is 10.6. The molecule has 1 unspecified atom stereocenters. The normalized spacial score (nSPS) is 18.7. The predicted molar refractivity (Wildman–Crippen MR) is 121 cm³/mol. The number of halogens is 2. The van der Waals surface area contributed by atoms with Gasteiger partial charge < -0.3 is 19.8 Å². The molecule has 2 fully saturated rings. The second kappa shape index (κ2) is 9.38. The summed E-state index contributed by atoms with van der Waals surface area (Å²) in [5, 5.41) is 10.6. The van der Waals surface area contributed by atoms with Crippen LogP contribution in [-0.4, -0.2) is 76.3 Å². The highest BCUT2D eigenvalue weighted by Crippen LogP contribution is 2.27. The Hall–Kier alpha value is -2.77. The van der Waals surface area contributed by atoms with Crippen LogP contribution in [-0.2, 0) is 4.79 Å². The lowest BCUT2D eigenvalue weighted by molar-refractivity contribution is -0.136. The van der Waals surface area contributed by atoms with Crippen LogP contribution in [0.1, 0.15) is 33.6 Å². The fourth-order valence-corrected chi connectivity index (χ4v) is 4.62. The Morgan fingerprint density at radius 2 is 1.53 bits per heavy atom. The van der Waals surface area contributed by atoms with Crippen molar-refractivity contribution in [3.05, 3.63) is 63.6 Å². The fraction of sp³-hybridized carbons (Fsp3) is 0.348. The Bertz CT molecular complexity index is 1050. The van der Waals surface area contributed by atoms with Gasteiger partial charge in [0.1, 0.15) is 11.8 Å². The van der Waals surface area contributed by atoms with Crippen LogP contribution in [0.2, 0.25) is 10.0 Å². The quantitative estimate of drug-likeness (QED) is 0.738. The minimum Gasteiger partial charge on any atom is -0.507 e. The Morgan fingerprint density at radius 1 is 0.844 bits per heavy atom. The van der Waals surface area contributed by atoms with Crippen LogP contribution in [0.25, 0.3) is 0 Å². The molecule has 0 spiro atoms. The van der Waals surface area contributed by atoms with E-state index in [-0.39, 0.29) is 34.6 Å². The van der Waals surface area contributed by atoms with Crippen molar-refractivity contribution in [2.75, 3.05) is 32.7 Å². The number of para-hydroxylation sites is 1. The first kappa shape index (κ1) is 22.4. The summed E-state index contributed by atoms with van der Waals surface area (Å²) in [6.45, 7) is 1.94. The van der Waals surface area contributed by atoms with Crippen LogP contribution in [0.3, 0.4) is 0 Å². The molecule has 1 N–H and O–H groups in total. The first-order chi connectivity index (χ1) is 15.4. The minimum absolute atomic E-state index is 0.0595. The van der Waals surface area contributed by atoms with Gasteiger partial charge in [0.25, 0.3) is 11.8 Å². The molecule has 2 heterocycles. The number of piperazine rings is 1. The summed E-state index contributed by atoms with van der Waals surface area (Å²) >= 11 is 12.2. The van der Waals surface area contributed by atoms with Crippen molar-refractivity contribution >= 4 is 40.9 Å². The number of likely N-dealkylation sites (tertiary alicyclic amines) is 1. The van der Waals surface area contributed by atoms with Gasteiger partial charge in [0.05, 0.1) is 16.1 Å². The van der Waals surface area contributed by atoms with Gasteiger partial charge in [-0.2, -0.15) is 0 Å². The lowest BCUT2D eigenvalue weighted by Crippen LogP contribution is -2.55. The Morgan fingerprint density at radius 3 is 2.25 bits per heavy atom. The number of carbonyl (C=O) groups is 3. The molecule has 0 aliphatic carbocycles. The maximum absolute atomic E-state index is 13.2. The second-order valence-corrected chi connectivity index (χ2v) is 8.76. The summed E-state index contributed by atoms with van der Waals surface area (Å²) in [7, 11) is 0. The van der Waals surface area contributed by atoms with E-state index in [1.165, 1.54) is 12.1 Å². The van der Waals surface area contributed by atoms with Gasteiger partial charge in [0.2, 0.25) is 5.91 Å². The van der Waals surface area contributed by atoms with Gasteiger partial charge in [-0.1, -0.05) is 35.3 Å². The number of rotatable bonds is 3. The Balaban J connectivity index is 1.41. The molecule has 32 heavy (non-hydrogen) atoms. The topological polar surface area (TPSA) is 81.2 Å². The third-order valence-electron chi connectivity index (χ3n) is 5.97. The molecule has 0 radical (unpaired) electrons. The van der Waals surface area contributed by atoms with Gasteiger partial charge in [0.15, 0.2) is 0 Å². The van der Waals surface area contributed by atoms with E-state index in [0.717, 1.165) is 6.42 Å². The molecular weight excluding hydrogens is 453 g/mol. The number of benzene rings is 2. The van der Waals surface area contributed by atoms with Crippen molar-refractivity contribution in [3.8, 4) is 5.75 Å². The van der Waals surface area contributed by atoms with Gasteiger partial charge in [0, 0.05) is 37.7 Å². The molecule has 2 aliphatic rings. The Labute approximate surface area is 196 Å². The van der Waals surface area contributed by atoms with Crippen molar-refractivity contribution in [1.82, 2.24) is 14.7 Å². The molecular formula is C23H23Cl2N3O4. The van der Waals surface area contributed by atoms with E-state index in [9.17, 15) is 19.5 Å². The standard InChI is InChI=1S/C23H23Cl2N3O4/c24-15-7-8-18(25)17(14-15)22(31)28-9-3-5-19(28)23(32)27-12-10-26(11-13-27)21(30)16-4-1-2-6-20(16)29/h1-2,4,6-8,14,19,29H,3,5,9-13H2. The average Bonchev–Trinajstić information content (AvgIpc) is 3.29. The van der Waals surface area contributed by atoms with E-state index < -0.39 is 6.04 Å². The maximum atomic E-state index is 13.2. The molecule has 3 amide bonds. The molecule has 0 saturated carbocycles. The largest absolute Gasteiger partial charge is 0.507 e. The van der Waals surface area contributed by atoms with Crippen LogP contribution in [0, 0.1) is 0 Å². The lowest BCUT2D eigenvalue weighted by Gasteiger charge is -2.37. The summed E-state index contributed by atoms with van der Waals surface area (Å²) in [5.41, 5.74) is 0.537. The van der Waals surface area contributed by atoms with Gasteiger partial charge >= 0.3 is 0 Å². The number of amides is 3. The van der Waals surface area contributed by atoms with Crippen molar-refractivity contribution in [2.24, 2.45) is 0 Å². The molecule has 7 nitrogen and oxygen atoms in total. The van der Waals surface area contributed by atoms with Crippen molar-refractivity contribution in [1.29, 1.82) is 0 Å². The monoisotopic (exact) mass is 475 g/mol. The summed E-state index contributed by atoms with van der Waals surface area (Å²) < 4.78 is 0. The van der Waals surface area contributed by atoms with Crippen molar-refractivity contribution in [2.45, 2.75) is 18.9 Å². The molecule has 2 aromatic carbocycles. The van der Waals surface area contributed by atoms with Crippen LogP contribution in [0.15, 0.2) is 42.5 Å². The van der Waals surface area contributed by atoms with Crippen LogP contribution in [0.5, 0.6) is 5.75 Å². The minimum atomic E-state index is -0.557. The van der Waals surface area contributed by atoms with Crippen molar-refractivity contribution < 1.29 is 19.5 Å². The number of nitrogens with zero attached hydrogens (tertiary/aromatic N) is 3. The number of hydrogen-bond acceptors (Lipinski definition) is 4. The SMILES string of the molecule is O=C(c1ccccc1O)N1CCN(C(=O)C2CCCN2C(=O)c2cc(Cl)ccc2Cl)CC1. The predicted octanol–water partition coefficient (Wildman–Crippen LogP) is 3.29. The number of aromatic hydroxyl groups is 1. The molecule has 2 aromatic rings. The third kappa shape index (κ3) is 4.40. The number of carbonyl (C=O) groups excluding carboxylic acids is 3. The van der Waals surface area contributed by atoms with Crippen LogP contribution in [0.4, 0.5) is 0 Å². The van der Waals surface area contributed by atoms with E-state index in [2.05, 4.69) is 0 Å². The molecule has 0 aromatic heterocycles. The van der Waals surface area contributed by atoms with Gasteiger partial charge in [-0.15, -0.1) is 0 Å². The van der Waals surface area contributed by atoms with Gasteiger partial charge in [-0.25, -0.2) is 0 Å². The van der Waals surface area contributed by atoms with Crippen LogP contribution >= 0.6 is 23.2 Å². The number of hydrogen-bond donors (Lipinski definition) is 1. The lowest BCUT2D eigenvalue weighted by atomic mass is 10.1. The second-order valence-electron chi connectivity index (χ2n) is 7.92. The zero-order valence-electron chi connectivity index (χ0n) is 17.3. The van der Waals surface area contributed by atoms with Crippen LogP contribution < -0.4 is 0 Å². The summed E-state index contributed by atoms with van der Waals surface area (Å²) in [4.78, 5) is 43.9. The molecule has 2 saturated heterocycles. The van der Waals surface area contributed by atoms with E-state index in [1.54, 1.807) is 45.0 Å². The number of phenolic OH excluding ortho intramolecular Hbond substituents is 1. The maximum Gasteiger partial charge on any atom is 0.257 e. The van der Waals surface area contributed by atoms with E-state index in [4.69, 9.17) is 23.2 Å². The summed E-state index contributed by atoms with van der Waals surface area (Å²) in [6.07, 6.45) is 1.31. The highest BCUT2D eigenvalue weighted by molar-refractivity contribution is 6.35. The highest BCUT2D eigenvalue weighted by Gasteiger charge is 2.38. The van der Waals surface area contributed by atoms with E-state index in [0.29, 0.717) is 49.2 Å². The third-order valence-corrected chi connectivity index (χ3v) is 6.54. The first-order valence-electron chi connectivity index (χ1n) is 10.5. The zero-order chi connectivity index (χ0) is 22.8. The molecule has 9 heteroatoms.